The number of thiocarbonyl (C=S) groups is 1. The third-order valence-corrected chi connectivity index (χ3v) is 6.00. The topological polar surface area (TPSA) is 76.6 Å². The fourth-order valence-electron chi connectivity index (χ4n) is 4.21. The molecule has 1 atom stereocenters. The van der Waals surface area contributed by atoms with Gasteiger partial charge in [-0.1, -0.05) is 29.7 Å². The zero-order valence-electron chi connectivity index (χ0n) is 16.9. The predicted molar refractivity (Wildman–Crippen MR) is 127 cm³/mol. The molecule has 0 saturated carbocycles. The minimum atomic E-state index is -0.231. The molecular weight excluding hydrogens is 407 g/mol. The van der Waals surface area contributed by atoms with Gasteiger partial charge in [0.15, 0.2) is 5.11 Å². The van der Waals surface area contributed by atoms with Crippen LogP contribution < -0.4 is 15.7 Å². The number of imidazole rings is 1. The van der Waals surface area contributed by atoms with Crippen LogP contribution in [-0.2, 0) is 4.79 Å². The molecule has 3 aromatic rings. The Hall–Kier alpha value is -3.20. The number of anilines is 1. The summed E-state index contributed by atoms with van der Waals surface area (Å²) in [6.07, 6.45) is 3.24. The lowest BCUT2D eigenvalue weighted by Gasteiger charge is -2.25. The van der Waals surface area contributed by atoms with Crippen molar-refractivity contribution in [1.29, 1.82) is 0 Å². The summed E-state index contributed by atoms with van der Waals surface area (Å²) in [4.78, 5) is 28.1. The molecule has 2 fully saturated rings. The van der Waals surface area contributed by atoms with Gasteiger partial charge in [0, 0.05) is 25.2 Å². The third kappa shape index (κ3) is 3.81. The highest BCUT2D eigenvalue weighted by molar-refractivity contribution is 7.80. The van der Waals surface area contributed by atoms with Crippen LogP contribution in [0.1, 0.15) is 24.4 Å². The molecule has 1 amide bonds. The third-order valence-electron chi connectivity index (χ3n) is 5.70. The largest absolute Gasteiger partial charge is 0.345 e. The number of hydrogen-bond donors (Lipinski definition) is 2. The van der Waals surface area contributed by atoms with E-state index in [4.69, 9.17) is 25.1 Å². The van der Waals surface area contributed by atoms with Crippen LogP contribution in [0.15, 0.2) is 53.8 Å². The average Bonchev–Trinajstić information content (AvgIpc) is 3.46. The first kappa shape index (κ1) is 19.7. The number of hydrogen-bond acceptors (Lipinski definition) is 4. The Labute approximate surface area is 187 Å². The molecule has 2 aliphatic heterocycles. The summed E-state index contributed by atoms with van der Waals surface area (Å²) < 4.78 is 0. The van der Waals surface area contributed by atoms with E-state index in [9.17, 15) is 4.79 Å². The van der Waals surface area contributed by atoms with Gasteiger partial charge in [-0.15, -0.1) is 0 Å². The fraction of sp³-hybridized carbons (Fsp3) is 0.273. The highest BCUT2D eigenvalue weighted by atomic mass is 32.1. The second kappa shape index (κ2) is 8.15. The van der Waals surface area contributed by atoms with Crippen molar-refractivity contribution in [3.63, 3.8) is 0 Å². The first-order valence-electron chi connectivity index (χ1n) is 10.3. The predicted octanol–water partition coefficient (Wildman–Crippen LogP) is 1.81. The Morgan fingerprint density at radius 1 is 1.26 bits per heavy atom. The van der Waals surface area contributed by atoms with Crippen LogP contribution in [0, 0.1) is 0 Å². The number of carbonyl (C=O) groups excluding carboxylic acids is 1. The molecule has 0 bridgehead atoms. The second-order valence-corrected chi connectivity index (χ2v) is 8.11. The van der Waals surface area contributed by atoms with E-state index >= 15 is 0 Å². The second-order valence-electron chi connectivity index (χ2n) is 7.73. The van der Waals surface area contributed by atoms with E-state index in [1.165, 1.54) is 0 Å². The molecule has 31 heavy (non-hydrogen) atoms. The maximum atomic E-state index is 11.9. The van der Waals surface area contributed by atoms with Crippen molar-refractivity contribution < 1.29 is 4.79 Å². The molecule has 2 aliphatic rings. The molecule has 1 aromatic heterocycles. The lowest BCUT2D eigenvalue weighted by molar-refractivity contribution is -0.127. The number of amides is 1. The van der Waals surface area contributed by atoms with Gasteiger partial charge in [-0.05, 0) is 42.4 Å². The number of H-pyrrole nitrogens is 1. The zero-order chi connectivity index (χ0) is 21.4. The van der Waals surface area contributed by atoms with E-state index in [0.717, 1.165) is 41.1 Å². The van der Waals surface area contributed by atoms with Gasteiger partial charge in [-0.3, -0.25) is 9.79 Å². The fourth-order valence-corrected chi connectivity index (χ4v) is 4.53. The highest BCUT2D eigenvalue weighted by Crippen LogP contribution is 2.33. The molecule has 0 spiro atoms. The van der Waals surface area contributed by atoms with E-state index in [2.05, 4.69) is 15.3 Å². The van der Waals surface area contributed by atoms with Crippen molar-refractivity contribution in [2.75, 3.05) is 24.5 Å². The Kier molecular flexibility index (Phi) is 5.19. The summed E-state index contributed by atoms with van der Waals surface area (Å²) in [6.45, 7) is 1.94. The molecule has 9 heteroatoms. The summed E-state index contributed by atoms with van der Waals surface area (Å²) in [6, 6.07) is 13.5. The highest BCUT2D eigenvalue weighted by Gasteiger charge is 2.36. The van der Waals surface area contributed by atoms with Gasteiger partial charge in [0.25, 0.3) is 0 Å². The van der Waals surface area contributed by atoms with Crippen molar-refractivity contribution in [3.8, 4) is 0 Å². The lowest BCUT2D eigenvalue weighted by Crippen LogP contribution is -2.29. The normalized spacial score (nSPS) is 20.3. The van der Waals surface area contributed by atoms with Gasteiger partial charge in [-0.25, -0.2) is 4.98 Å². The maximum absolute atomic E-state index is 11.9. The van der Waals surface area contributed by atoms with E-state index in [-0.39, 0.29) is 11.9 Å². The van der Waals surface area contributed by atoms with E-state index < -0.39 is 0 Å². The van der Waals surface area contributed by atoms with Gasteiger partial charge in [0.1, 0.15) is 19.7 Å². The molecular formula is C22H21BN6OS. The smallest absolute Gasteiger partial charge is 0.222 e. The van der Waals surface area contributed by atoms with Crippen molar-refractivity contribution in [3.05, 3.63) is 54.4 Å². The number of fused-ring (bicyclic) bond motifs is 1. The molecule has 0 aliphatic carbocycles. The SMILES string of the molecule is [B]c1cccc(C2C(=NCCN3CCCC3=O)NC(=S)N2c2ccc3nc[nH]c3c2)c1. The molecule has 154 valence electrons. The van der Waals surface area contributed by atoms with Crippen molar-refractivity contribution in [2.45, 2.75) is 18.9 Å². The molecule has 2 radical (unpaired) electrons. The number of rotatable bonds is 5. The number of benzene rings is 2. The van der Waals surface area contributed by atoms with Gasteiger partial charge < -0.3 is 20.1 Å². The van der Waals surface area contributed by atoms with Crippen molar-refractivity contribution in [1.82, 2.24) is 20.2 Å². The van der Waals surface area contributed by atoms with Gasteiger partial charge >= 0.3 is 0 Å². The Bertz CT molecular complexity index is 1190. The van der Waals surface area contributed by atoms with Crippen LogP contribution in [-0.4, -0.2) is 59.2 Å². The molecule has 1 unspecified atom stereocenters. The number of amidine groups is 1. The van der Waals surface area contributed by atoms with Crippen molar-refractivity contribution in [2.24, 2.45) is 4.99 Å². The number of aromatic amines is 1. The van der Waals surface area contributed by atoms with Crippen molar-refractivity contribution >= 4 is 59.1 Å². The number of aromatic nitrogens is 2. The van der Waals surface area contributed by atoms with E-state index in [1.54, 1.807) is 6.33 Å². The maximum Gasteiger partial charge on any atom is 0.222 e. The number of nitrogens with zero attached hydrogens (tertiary/aromatic N) is 4. The first-order chi connectivity index (χ1) is 15.1. The number of nitrogens with one attached hydrogen (secondary N) is 2. The van der Waals surface area contributed by atoms with Gasteiger partial charge in [0.2, 0.25) is 5.91 Å². The van der Waals surface area contributed by atoms with E-state index in [0.29, 0.717) is 30.1 Å². The Morgan fingerprint density at radius 2 is 2.16 bits per heavy atom. The molecule has 7 nitrogen and oxygen atoms in total. The minimum absolute atomic E-state index is 0.206. The molecule has 5 rings (SSSR count). The lowest BCUT2D eigenvalue weighted by atomic mass is 9.92. The summed E-state index contributed by atoms with van der Waals surface area (Å²) in [7, 11) is 6.08. The van der Waals surface area contributed by atoms with Crippen LogP contribution in [0.5, 0.6) is 0 Å². The van der Waals surface area contributed by atoms with Gasteiger partial charge in [0.05, 0.1) is 23.9 Å². The quantitative estimate of drug-likeness (QED) is 0.479. The standard InChI is InChI=1S/C22H21BN6OS/c23-15-4-1-3-14(11-15)20-21(24-8-10-28-9-2-5-19(28)30)27-22(31)29(20)16-6-7-17-18(12-16)26-13-25-17/h1,3-4,6-7,11-13,20H,2,5,8-10H2,(H,25,26)(H,24,27,31). The minimum Gasteiger partial charge on any atom is -0.345 e. The van der Waals surface area contributed by atoms with Crippen LogP contribution in [0.3, 0.4) is 0 Å². The molecule has 2 saturated heterocycles. The monoisotopic (exact) mass is 428 g/mol. The van der Waals surface area contributed by atoms with Gasteiger partial charge in [-0.2, -0.15) is 0 Å². The zero-order valence-corrected chi connectivity index (χ0v) is 17.7. The summed E-state index contributed by atoms with van der Waals surface area (Å²) in [5.74, 6) is 0.962. The van der Waals surface area contributed by atoms with Crippen LogP contribution in [0.2, 0.25) is 0 Å². The average molecular weight is 428 g/mol. The molecule has 3 heterocycles. The van der Waals surface area contributed by atoms with E-state index in [1.807, 2.05) is 52.3 Å². The Balaban J connectivity index is 1.49. The molecule has 2 aromatic carbocycles. The molecule has 2 N–H and O–H groups in total. The summed E-state index contributed by atoms with van der Waals surface area (Å²) >= 11 is 5.70. The Morgan fingerprint density at radius 3 is 2.97 bits per heavy atom. The summed E-state index contributed by atoms with van der Waals surface area (Å²) in [5, 5.41) is 3.86. The number of aliphatic imine (C=N–C) groups is 1. The number of likely N-dealkylation sites (tertiary alicyclic amines) is 1. The van der Waals surface area contributed by atoms with Crippen LogP contribution in [0.4, 0.5) is 5.69 Å². The summed E-state index contributed by atoms with van der Waals surface area (Å²) in [5.41, 5.74) is 4.44. The number of carbonyl (C=O) groups is 1. The van der Waals surface area contributed by atoms with Crippen LogP contribution in [0.25, 0.3) is 11.0 Å². The first-order valence-corrected chi connectivity index (χ1v) is 10.7. The van der Waals surface area contributed by atoms with Crippen LogP contribution >= 0.6 is 12.2 Å².